The minimum Gasteiger partial charge on any atom is -0.459 e. The average molecular weight is 1270 g/mol. The predicted octanol–water partition coefficient (Wildman–Crippen LogP) is 15.8. The summed E-state index contributed by atoms with van der Waals surface area (Å²) >= 11 is 0. The zero-order chi connectivity index (χ0) is 63.7. The molecule has 0 radical (unpaired) electrons. The van der Waals surface area contributed by atoms with Crippen LogP contribution in [-0.4, -0.2) is 92.3 Å². The van der Waals surface area contributed by atoms with Crippen LogP contribution in [0, 0.1) is 11.8 Å². The summed E-state index contributed by atoms with van der Waals surface area (Å²) in [5.74, 6) is -0.117. The van der Waals surface area contributed by atoms with E-state index in [4.69, 9.17) is 56.8 Å². The molecule has 2 heterocycles. The first-order valence-corrected chi connectivity index (χ1v) is 34.3. The van der Waals surface area contributed by atoms with E-state index in [0.29, 0.717) is 32.7 Å². The second-order valence-electron chi connectivity index (χ2n) is 25.6. The van der Waals surface area contributed by atoms with Gasteiger partial charge in [-0.3, -0.25) is 0 Å². The smallest absolute Gasteiger partial charge is 0.335 e. The summed E-state index contributed by atoms with van der Waals surface area (Å²) in [4.78, 5) is 15.1. The Kier molecular flexibility index (Phi) is 26.6. The maximum Gasteiger partial charge on any atom is 0.335 e. The number of carbonyl (C=O) groups is 1. The molecule has 7 aromatic carbocycles. The second-order valence-corrected chi connectivity index (χ2v) is 25.6. The Bertz CT molecular complexity index is 3160. The van der Waals surface area contributed by atoms with Gasteiger partial charge in [-0.2, -0.15) is 0 Å². The molecule has 0 amide bonds. The van der Waals surface area contributed by atoms with E-state index in [1.807, 2.05) is 171 Å². The third-order valence-electron chi connectivity index (χ3n) is 18.6. The van der Waals surface area contributed by atoms with Crippen LogP contribution in [0.2, 0.25) is 0 Å². The number of unbranched alkanes of at least 4 members (excludes halogenated alkanes) is 1. The molecule has 0 N–H and O–H groups in total. The van der Waals surface area contributed by atoms with Gasteiger partial charge in [0.15, 0.2) is 18.7 Å². The molecular weight excluding hydrogens is 1170 g/mol. The van der Waals surface area contributed by atoms with Crippen molar-refractivity contribution in [1.82, 2.24) is 0 Å². The molecule has 0 unspecified atom stereocenters. The molecule has 93 heavy (non-hydrogen) atoms. The average Bonchev–Trinajstić information content (AvgIpc) is 0.830. The number of rotatable bonds is 33. The van der Waals surface area contributed by atoms with Crippen LogP contribution in [0.5, 0.6) is 0 Å². The minimum absolute atomic E-state index is 0.0682. The normalized spacial score (nSPS) is 26.3. The van der Waals surface area contributed by atoms with Gasteiger partial charge in [0.25, 0.3) is 0 Å². The molecule has 7 aromatic rings. The van der Waals surface area contributed by atoms with Gasteiger partial charge in [0.05, 0.1) is 64.6 Å². The molecule has 4 fully saturated rings. The fourth-order valence-electron chi connectivity index (χ4n) is 13.6. The first-order chi connectivity index (χ1) is 45.9. The van der Waals surface area contributed by atoms with Crippen molar-refractivity contribution in [3.63, 3.8) is 0 Å². The Morgan fingerprint density at radius 1 is 0.430 bits per heavy atom. The van der Waals surface area contributed by atoms with Crippen molar-refractivity contribution < 1.29 is 61.6 Å². The molecule has 13 heteroatoms. The molecule has 4 aliphatic rings. The van der Waals surface area contributed by atoms with Gasteiger partial charge >= 0.3 is 5.97 Å². The number of carbonyl (C=O) groups excluding carboxylic acids is 1. The van der Waals surface area contributed by atoms with E-state index in [0.717, 1.165) is 96.7 Å². The number of ether oxygens (including phenoxy) is 12. The monoisotopic (exact) mass is 1260 g/mol. The van der Waals surface area contributed by atoms with Crippen LogP contribution >= 0.6 is 0 Å². The minimum atomic E-state index is -1.08. The van der Waals surface area contributed by atoms with Gasteiger partial charge in [-0.05, 0) is 83.4 Å². The molecule has 0 aromatic heterocycles. The van der Waals surface area contributed by atoms with Crippen molar-refractivity contribution in [2.24, 2.45) is 11.8 Å². The topological polar surface area (TPSA) is 128 Å². The van der Waals surface area contributed by atoms with Crippen molar-refractivity contribution in [2.45, 2.75) is 217 Å². The SMILES string of the molecule is CCCC[C@H]1CCC[C@@H](O[C@@H]2O[C@H](COCc3ccccc3)[C@H](OCc3ccccc3)[C@H](O[C@@H](CC3CCCCC3)C(=O)OCc3ccccc3)[C@H]2OCc2ccccc2)[C@@H]1O[C@@H]1O[C@@H](C)[C@@H](OCc2ccccc2)[C@@H](OCc2ccccc2)[C@@H]1OCc1ccccc1. The highest BCUT2D eigenvalue weighted by atomic mass is 16.8. The molecule has 2 saturated heterocycles. The van der Waals surface area contributed by atoms with Crippen LogP contribution in [0.25, 0.3) is 0 Å². The highest BCUT2D eigenvalue weighted by Gasteiger charge is 2.54. The van der Waals surface area contributed by atoms with Gasteiger partial charge in [0, 0.05) is 0 Å². The fraction of sp³-hybridized carbons (Fsp3) is 0.463. The quantitative estimate of drug-likeness (QED) is 0.0363. The van der Waals surface area contributed by atoms with Gasteiger partial charge in [-0.25, -0.2) is 4.79 Å². The van der Waals surface area contributed by atoms with Crippen LogP contribution in [0.3, 0.4) is 0 Å². The van der Waals surface area contributed by atoms with Crippen LogP contribution in [0.1, 0.15) is 130 Å². The lowest BCUT2D eigenvalue weighted by atomic mass is 9.81. The summed E-state index contributed by atoms with van der Waals surface area (Å²) in [6, 6.07) is 70.7. The van der Waals surface area contributed by atoms with Gasteiger partial charge in [0.1, 0.15) is 49.3 Å². The van der Waals surface area contributed by atoms with Crippen molar-refractivity contribution in [2.75, 3.05) is 6.61 Å². The standard InChI is InChI=1S/C80H96O13/c1-3-4-46-67-47-29-48-68(72(67)93-79-76(86-54-64-40-23-10-24-41-64)74(85-53-63-38-21-9-22-39-63)71(58(2)89-79)83-51-61-34-17-7-18-35-61)91-80-77(87-55-65-42-25-11-26-43-65)75(90-69(49-59-30-13-5-14-31-59)78(81)88-56-66-44-27-12-28-45-66)73(84-52-62-36-19-8-20-37-62)70(92-80)57-82-50-60-32-15-6-16-33-60/h6-12,15-28,32-45,58-59,67-77,79-80H,3-5,13-14,29-31,46-57H2,1-2H3/t58-,67-,68+,69-,70+,71+,72+,73-,74+,75-,76-,77+,79-,80+/m0/s1. The molecule has 11 rings (SSSR count). The molecule has 0 bridgehead atoms. The first-order valence-electron chi connectivity index (χ1n) is 34.3. The summed E-state index contributed by atoms with van der Waals surface area (Å²) < 4.78 is 86.3. The molecule has 2 aliphatic heterocycles. The van der Waals surface area contributed by atoms with Crippen LogP contribution < -0.4 is 0 Å². The molecular formula is C80H96O13. The van der Waals surface area contributed by atoms with Crippen molar-refractivity contribution >= 4 is 5.97 Å². The van der Waals surface area contributed by atoms with Gasteiger partial charge in [-0.15, -0.1) is 0 Å². The summed E-state index contributed by atoms with van der Waals surface area (Å²) in [7, 11) is 0. The zero-order valence-corrected chi connectivity index (χ0v) is 54.3. The highest BCUT2D eigenvalue weighted by Crippen LogP contribution is 2.41. The lowest BCUT2D eigenvalue weighted by Crippen LogP contribution is -2.64. The Labute approximate surface area is 551 Å². The van der Waals surface area contributed by atoms with Crippen LogP contribution in [-0.2, 0) is 108 Å². The van der Waals surface area contributed by atoms with Gasteiger partial charge in [-0.1, -0.05) is 271 Å². The number of esters is 1. The van der Waals surface area contributed by atoms with E-state index < -0.39 is 85.7 Å². The molecule has 13 nitrogen and oxygen atoms in total. The maximum absolute atomic E-state index is 15.1. The van der Waals surface area contributed by atoms with Gasteiger partial charge in [0.2, 0.25) is 0 Å². The third-order valence-corrected chi connectivity index (χ3v) is 18.6. The van der Waals surface area contributed by atoms with Crippen LogP contribution in [0.15, 0.2) is 212 Å². The Hall–Kier alpha value is -6.43. The molecule has 2 saturated carbocycles. The molecule has 14 atom stereocenters. The number of benzene rings is 7. The summed E-state index contributed by atoms with van der Waals surface area (Å²) in [5, 5.41) is 0. The van der Waals surface area contributed by atoms with E-state index in [9.17, 15) is 0 Å². The summed E-state index contributed by atoms with van der Waals surface area (Å²) in [6.07, 6.45) is 1.30. The number of hydrogen-bond acceptors (Lipinski definition) is 13. The molecule has 2 aliphatic carbocycles. The second kappa shape index (κ2) is 36.5. The highest BCUT2D eigenvalue weighted by molar-refractivity contribution is 5.74. The van der Waals surface area contributed by atoms with E-state index in [1.54, 1.807) is 0 Å². The van der Waals surface area contributed by atoms with Gasteiger partial charge < -0.3 is 56.8 Å². The van der Waals surface area contributed by atoms with E-state index in [1.165, 1.54) is 6.42 Å². The summed E-state index contributed by atoms with van der Waals surface area (Å²) in [5.41, 5.74) is 6.89. The van der Waals surface area contributed by atoms with Crippen molar-refractivity contribution in [3.8, 4) is 0 Å². The first kappa shape index (κ1) is 68.0. The van der Waals surface area contributed by atoms with Crippen LogP contribution in [0.4, 0.5) is 0 Å². The predicted molar refractivity (Wildman–Crippen MR) is 357 cm³/mol. The zero-order valence-electron chi connectivity index (χ0n) is 54.3. The Balaban J connectivity index is 0.969. The maximum atomic E-state index is 15.1. The number of hydrogen-bond donors (Lipinski definition) is 0. The lowest BCUT2D eigenvalue weighted by Gasteiger charge is -2.50. The largest absolute Gasteiger partial charge is 0.459 e. The van der Waals surface area contributed by atoms with E-state index in [-0.39, 0.29) is 44.9 Å². The Morgan fingerprint density at radius 3 is 1.35 bits per heavy atom. The van der Waals surface area contributed by atoms with E-state index in [2.05, 4.69) is 55.5 Å². The summed E-state index contributed by atoms with van der Waals surface area (Å²) in [6.45, 7) is 6.19. The Morgan fingerprint density at radius 2 is 0.860 bits per heavy atom. The molecule has 494 valence electrons. The molecule has 0 spiro atoms. The lowest BCUT2D eigenvalue weighted by molar-refractivity contribution is -0.364. The van der Waals surface area contributed by atoms with E-state index >= 15 is 4.79 Å². The fourth-order valence-corrected chi connectivity index (χ4v) is 13.6. The van der Waals surface area contributed by atoms with Crippen molar-refractivity contribution in [3.05, 3.63) is 251 Å². The van der Waals surface area contributed by atoms with Crippen molar-refractivity contribution in [1.29, 1.82) is 0 Å². The third kappa shape index (κ3) is 20.3.